The maximum atomic E-state index is 11.9. The zero-order valence-corrected chi connectivity index (χ0v) is 12.0. The highest BCUT2D eigenvalue weighted by molar-refractivity contribution is 5.77. The predicted octanol–water partition coefficient (Wildman–Crippen LogP) is 2.33. The molecule has 0 bridgehead atoms. The van der Waals surface area contributed by atoms with Crippen LogP contribution in [0.1, 0.15) is 11.4 Å². The van der Waals surface area contributed by atoms with Gasteiger partial charge in [0.05, 0.1) is 6.42 Å². The minimum absolute atomic E-state index is 0.0837. The van der Waals surface area contributed by atoms with Gasteiger partial charge in [-0.05, 0) is 5.56 Å². The number of aromatic nitrogens is 3. The first-order chi connectivity index (χ1) is 10.8. The van der Waals surface area contributed by atoms with Gasteiger partial charge in [0.1, 0.15) is 5.82 Å². The zero-order valence-electron chi connectivity index (χ0n) is 12.0. The van der Waals surface area contributed by atoms with E-state index in [-0.39, 0.29) is 12.3 Å². The molecule has 0 aliphatic rings. The largest absolute Gasteiger partial charge is 0.352 e. The van der Waals surface area contributed by atoms with Crippen molar-refractivity contribution in [3.05, 3.63) is 72.1 Å². The van der Waals surface area contributed by atoms with Crippen LogP contribution < -0.4 is 5.32 Å². The van der Waals surface area contributed by atoms with Gasteiger partial charge in [-0.2, -0.15) is 5.10 Å². The molecule has 3 rings (SSSR count). The van der Waals surface area contributed by atoms with Crippen LogP contribution in [0.5, 0.6) is 0 Å². The Morgan fingerprint density at radius 1 is 1.00 bits per heavy atom. The molecule has 5 nitrogen and oxygen atoms in total. The molecule has 5 heteroatoms. The topological polar surface area (TPSA) is 70.7 Å². The number of nitrogens with one attached hydrogen (secondary N) is 2. The summed E-state index contributed by atoms with van der Waals surface area (Å²) in [5.74, 6) is 1.08. The normalized spacial score (nSPS) is 10.4. The highest BCUT2D eigenvalue weighted by atomic mass is 16.1. The Hall–Kier alpha value is -2.95. The van der Waals surface area contributed by atoms with Crippen LogP contribution in [-0.4, -0.2) is 21.1 Å². The standard InChI is InChI=1S/C17H16N4O/c22-16(18-12-13-7-3-1-4-8-13)11-15-19-17(21-20-15)14-9-5-2-6-10-14/h1-10H,11-12H2,(H,18,22)(H,19,20,21). The summed E-state index contributed by atoms with van der Waals surface area (Å²) in [6.45, 7) is 0.513. The van der Waals surface area contributed by atoms with E-state index in [0.717, 1.165) is 11.1 Å². The average molecular weight is 292 g/mol. The van der Waals surface area contributed by atoms with Gasteiger partial charge in [0, 0.05) is 12.1 Å². The summed E-state index contributed by atoms with van der Waals surface area (Å²) in [6, 6.07) is 19.5. The van der Waals surface area contributed by atoms with Gasteiger partial charge in [-0.3, -0.25) is 9.89 Å². The highest BCUT2D eigenvalue weighted by Crippen LogP contribution is 2.13. The third-order valence-electron chi connectivity index (χ3n) is 3.22. The second kappa shape index (κ2) is 6.67. The molecule has 0 fully saturated rings. The number of H-pyrrole nitrogens is 1. The molecule has 3 aromatic rings. The molecule has 1 aromatic heterocycles. The first-order valence-corrected chi connectivity index (χ1v) is 7.08. The van der Waals surface area contributed by atoms with Gasteiger partial charge in [-0.1, -0.05) is 60.7 Å². The second-order valence-corrected chi connectivity index (χ2v) is 4.91. The third-order valence-corrected chi connectivity index (χ3v) is 3.22. The highest BCUT2D eigenvalue weighted by Gasteiger charge is 2.09. The number of hydrogen-bond donors (Lipinski definition) is 2. The van der Waals surface area contributed by atoms with E-state index in [2.05, 4.69) is 20.5 Å². The van der Waals surface area contributed by atoms with Crippen molar-refractivity contribution >= 4 is 5.91 Å². The van der Waals surface area contributed by atoms with Crippen molar-refractivity contribution in [2.75, 3.05) is 0 Å². The lowest BCUT2D eigenvalue weighted by Gasteiger charge is -2.03. The van der Waals surface area contributed by atoms with Gasteiger partial charge < -0.3 is 5.32 Å². The maximum absolute atomic E-state index is 11.9. The van der Waals surface area contributed by atoms with Crippen molar-refractivity contribution in [3.8, 4) is 11.4 Å². The van der Waals surface area contributed by atoms with E-state index in [9.17, 15) is 4.79 Å². The van der Waals surface area contributed by atoms with Crippen LogP contribution in [0.2, 0.25) is 0 Å². The molecule has 22 heavy (non-hydrogen) atoms. The van der Waals surface area contributed by atoms with E-state index in [4.69, 9.17) is 0 Å². The van der Waals surface area contributed by atoms with Gasteiger partial charge in [0.15, 0.2) is 5.82 Å². The van der Waals surface area contributed by atoms with Gasteiger partial charge in [-0.15, -0.1) is 0 Å². The first kappa shape index (κ1) is 14.0. The van der Waals surface area contributed by atoms with Crippen molar-refractivity contribution in [1.82, 2.24) is 20.5 Å². The number of rotatable bonds is 5. The molecule has 0 saturated carbocycles. The summed E-state index contributed by atoms with van der Waals surface area (Å²) in [5, 5.41) is 9.82. The molecule has 0 unspecified atom stereocenters. The molecule has 2 aromatic carbocycles. The smallest absolute Gasteiger partial charge is 0.227 e. The Morgan fingerprint density at radius 3 is 2.41 bits per heavy atom. The Morgan fingerprint density at radius 2 is 1.68 bits per heavy atom. The summed E-state index contributed by atoms with van der Waals surface area (Å²) < 4.78 is 0. The molecule has 0 aliphatic heterocycles. The zero-order chi connectivity index (χ0) is 15.2. The van der Waals surface area contributed by atoms with Gasteiger partial charge in [-0.25, -0.2) is 4.98 Å². The molecular formula is C17H16N4O. The van der Waals surface area contributed by atoms with E-state index < -0.39 is 0 Å². The third kappa shape index (κ3) is 3.58. The van der Waals surface area contributed by atoms with Crippen molar-refractivity contribution in [2.24, 2.45) is 0 Å². The number of carbonyl (C=O) groups excluding carboxylic acids is 1. The SMILES string of the molecule is O=C(Cc1nc(-c2ccccc2)n[nH]1)NCc1ccccc1. The van der Waals surface area contributed by atoms with Crippen molar-refractivity contribution in [2.45, 2.75) is 13.0 Å². The van der Waals surface area contributed by atoms with Crippen LogP contribution >= 0.6 is 0 Å². The first-order valence-electron chi connectivity index (χ1n) is 7.08. The molecule has 0 atom stereocenters. The van der Waals surface area contributed by atoms with Crippen LogP contribution in [0, 0.1) is 0 Å². The molecule has 1 heterocycles. The molecular weight excluding hydrogens is 276 g/mol. The van der Waals surface area contributed by atoms with Crippen LogP contribution in [-0.2, 0) is 17.8 Å². The molecule has 0 aliphatic carbocycles. The lowest BCUT2D eigenvalue weighted by atomic mass is 10.2. The summed E-state index contributed by atoms with van der Waals surface area (Å²) in [6.07, 6.45) is 0.187. The van der Waals surface area contributed by atoms with Gasteiger partial charge >= 0.3 is 0 Å². The molecule has 110 valence electrons. The minimum Gasteiger partial charge on any atom is -0.352 e. The number of aromatic amines is 1. The van der Waals surface area contributed by atoms with Crippen LogP contribution in [0.15, 0.2) is 60.7 Å². The summed E-state index contributed by atoms with van der Waals surface area (Å²) in [4.78, 5) is 16.3. The fraction of sp³-hybridized carbons (Fsp3) is 0.118. The molecule has 0 radical (unpaired) electrons. The molecule has 0 saturated heterocycles. The number of carbonyl (C=O) groups is 1. The number of nitrogens with zero attached hydrogens (tertiary/aromatic N) is 2. The van der Waals surface area contributed by atoms with E-state index in [1.54, 1.807) is 0 Å². The Balaban J connectivity index is 1.57. The Kier molecular flexibility index (Phi) is 4.25. The van der Waals surface area contributed by atoms with E-state index in [1.807, 2.05) is 60.7 Å². The quantitative estimate of drug-likeness (QED) is 0.758. The average Bonchev–Trinajstić information content (AvgIpc) is 3.03. The number of amides is 1. The summed E-state index contributed by atoms with van der Waals surface area (Å²) in [5.41, 5.74) is 1.99. The predicted molar refractivity (Wildman–Crippen MR) is 83.8 cm³/mol. The molecule has 1 amide bonds. The Labute approximate surface area is 128 Å². The lowest BCUT2D eigenvalue weighted by Crippen LogP contribution is -2.24. The maximum Gasteiger partial charge on any atom is 0.227 e. The van der Waals surface area contributed by atoms with E-state index in [0.29, 0.717) is 18.2 Å². The summed E-state index contributed by atoms with van der Waals surface area (Å²) >= 11 is 0. The fourth-order valence-corrected chi connectivity index (χ4v) is 2.10. The van der Waals surface area contributed by atoms with Crippen molar-refractivity contribution < 1.29 is 4.79 Å². The number of benzene rings is 2. The molecule has 2 N–H and O–H groups in total. The Bertz CT molecular complexity index is 738. The van der Waals surface area contributed by atoms with Crippen LogP contribution in [0.4, 0.5) is 0 Å². The number of hydrogen-bond acceptors (Lipinski definition) is 3. The van der Waals surface area contributed by atoms with E-state index in [1.165, 1.54) is 0 Å². The van der Waals surface area contributed by atoms with Crippen molar-refractivity contribution in [3.63, 3.8) is 0 Å². The fourth-order valence-electron chi connectivity index (χ4n) is 2.10. The van der Waals surface area contributed by atoms with Crippen LogP contribution in [0.3, 0.4) is 0 Å². The van der Waals surface area contributed by atoms with Gasteiger partial charge in [0.2, 0.25) is 5.91 Å². The monoisotopic (exact) mass is 292 g/mol. The van der Waals surface area contributed by atoms with Gasteiger partial charge in [0.25, 0.3) is 0 Å². The summed E-state index contributed by atoms with van der Waals surface area (Å²) in [7, 11) is 0. The van der Waals surface area contributed by atoms with Crippen molar-refractivity contribution in [1.29, 1.82) is 0 Å². The lowest BCUT2D eigenvalue weighted by molar-refractivity contribution is -0.120. The van der Waals surface area contributed by atoms with Crippen LogP contribution in [0.25, 0.3) is 11.4 Å². The van der Waals surface area contributed by atoms with E-state index >= 15 is 0 Å². The minimum atomic E-state index is -0.0837. The second-order valence-electron chi connectivity index (χ2n) is 4.91. The molecule has 0 spiro atoms.